The van der Waals surface area contributed by atoms with Crippen molar-refractivity contribution in [2.75, 3.05) is 5.32 Å². The molecule has 4 aromatic rings. The maximum Gasteiger partial charge on any atom is 0.417 e. The lowest BCUT2D eigenvalue weighted by Gasteiger charge is -2.10. The molecule has 0 bridgehead atoms. The number of nitrogens with one attached hydrogen (secondary N) is 1. The van der Waals surface area contributed by atoms with Gasteiger partial charge < -0.3 is 5.32 Å². The average molecular weight is 478 g/mol. The molecule has 162 valence electrons. The van der Waals surface area contributed by atoms with Crippen LogP contribution in [0, 0.1) is 0 Å². The number of para-hydroxylation sites is 1. The molecule has 0 atom stereocenters. The van der Waals surface area contributed by atoms with Crippen LogP contribution in [0.15, 0.2) is 67.0 Å². The van der Waals surface area contributed by atoms with Crippen molar-refractivity contribution in [3.05, 3.63) is 88.2 Å². The predicted octanol–water partition coefficient (Wildman–Crippen LogP) is 6.17. The molecule has 1 N–H and O–H groups in total. The number of pyridine rings is 1. The number of carbonyl (C=O) groups excluding carboxylic acids is 2. The fraction of sp³-hybridized carbons (Fsp3) is 0.0455. The van der Waals surface area contributed by atoms with Gasteiger partial charge in [-0.2, -0.15) is 13.2 Å². The van der Waals surface area contributed by atoms with Gasteiger partial charge in [-0.15, -0.1) is 0 Å². The van der Waals surface area contributed by atoms with Gasteiger partial charge in [0, 0.05) is 28.5 Å². The van der Waals surface area contributed by atoms with E-state index < -0.39 is 23.4 Å². The average Bonchev–Trinajstić information content (AvgIpc) is 3.13. The molecule has 0 saturated carbocycles. The molecule has 5 nitrogen and oxygen atoms in total. The fourth-order valence-electron chi connectivity index (χ4n) is 3.14. The summed E-state index contributed by atoms with van der Waals surface area (Å²) in [6.07, 6.45) is -2.62. The Balaban J connectivity index is 1.74. The number of ketones is 1. The molecule has 0 aliphatic heterocycles. The SMILES string of the molecule is O=C(Nc1ccc(Cl)cc1)C(=O)c1cn(-c2ncc(C(F)(F)F)cc2Cl)c2ccccc12. The predicted molar refractivity (Wildman–Crippen MR) is 115 cm³/mol. The zero-order chi connectivity index (χ0) is 23.0. The Morgan fingerprint density at radius 2 is 1.69 bits per heavy atom. The van der Waals surface area contributed by atoms with Gasteiger partial charge in [0.05, 0.1) is 21.7 Å². The van der Waals surface area contributed by atoms with Crippen molar-refractivity contribution in [2.24, 2.45) is 0 Å². The quantitative estimate of drug-likeness (QED) is 0.282. The monoisotopic (exact) mass is 477 g/mol. The molecule has 10 heteroatoms. The number of aromatic nitrogens is 2. The lowest BCUT2D eigenvalue weighted by molar-refractivity contribution is -0.137. The molecule has 2 aromatic heterocycles. The van der Waals surface area contributed by atoms with Crippen LogP contribution in [-0.4, -0.2) is 21.2 Å². The smallest absolute Gasteiger partial charge is 0.319 e. The molecule has 2 aromatic carbocycles. The summed E-state index contributed by atoms with van der Waals surface area (Å²) >= 11 is 11.9. The van der Waals surface area contributed by atoms with Crippen molar-refractivity contribution in [2.45, 2.75) is 6.18 Å². The zero-order valence-corrected chi connectivity index (χ0v) is 17.5. The number of fused-ring (bicyclic) bond motifs is 1. The van der Waals surface area contributed by atoms with Gasteiger partial charge in [0.2, 0.25) is 0 Å². The van der Waals surface area contributed by atoms with E-state index in [1.807, 2.05) is 0 Å². The maximum atomic E-state index is 13.0. The van der Waals surface area contributed by atoms with Crippen LogP contribution in [-0.2, 0) is 11.0 Å². The Morgan fingerprint density at radius 3 is 2.34 bits per heavy atom. The van der Waals surface area contributed by atoms with Gasteiger partial charge in [-0.1, -0.05) is 41.4 Å². The second kappa shape index (κ2) is 8.29. The number of alkyl halides is 3. The van der Waals surface area contributed by atoms with Crippen molar-refractivity contribution >= 4 is 51.5 Å². The van der Waals surface area contributed by atoms with E-state index in [0.29, 0.717) is 27.8 Å². The molecule has 0 fully saturated rings. The van der Waals surface area contributed by atoms with E-state index >= 15 is 0 Å². The van der Waals surface area contributed by atoms with Gasteiger partial charge in [0.15, 0.2) is 5.82 Å². The maximum absolute atomic E-state index is 13.0. The molecule has 1 amide bonds. The first-order chi connectivity index (χ1) is 15.1. The molecule has 0 saturated heterocycles. The first kappa shape index (κ1) is 21.9. The van der Waals surface area contributed by atoms with Crippen LogP contribution in [0.3, 0.4) is 0 Å². The topological polar surface area (TPSA) is 64.0 Å². The summed E-state index contributed by atoms with van der Waals surface area (Å²) in [6.45, 7) is 0. The molecular formula is C22H12Cl2F3N3O2. The summed E-state index contributed by atoms with van der Waals surface area (Å²) in [7, 11) is 0. The van der Waals surface area contributed by atoms with Crippen LogP contribution in [0.4, 0.5) is 18.9 Å². The number of rotatable bonds is 4. The number of hydrogen-bond donors (Lipinski definition) is 1. The second-order valence-electron chi connectivity index (χ2n) is 6.75. The minimum absolute atomic E-state index is 0.00646. The third kappa shape index (κ3) is 4.19. The lowest BCUT2D eigenvalue weighted by Crippen LogP contribution is -2.22. The molecular weight excluding hydrogens is 466 g/mol. The largest absolute Gasteiger partial charge is 0.417 e. The summed E-state index contributed by atoms with van der Waals surface area (Å²) in [5.74, 6) is -1.73. The molecule has 4 rings (SSSR count). The highest BCUT2D eigenvalue weighted by molar-refractivity contribution is 6.48. The van der Waals surface area contributed by atoms with Crippen molar-refractivity contribution < 1.29 is 22.8 Å². The molecule has 0 aliphatic carbocycles. The number of Topliss-reactive ketones (excluding diaryl/α,β-unsaturated/α-hetero) is 1. The van der Waals surface area contributed by atoms with Gasteiger partial charge in [0.1, 0.15) is 0 Å². The third-order valence-corrected chi connectivity index (χ3v) is 5.17. The van der Waals surface area contributed by atoms with Gasteiger partial charge in [-0.3, -0.25) is 14.2 Å². The highest BCUT2D eigenvalue weighted by atomic mass is 35.5. The summed E-state index contributed by atoms with van der Waals surface area (Å²) < 4.78 is 40.2. The fourth-order valence-corrected chi connectivity index (χ4v) is 3.53. The number of anilines is 1. The molecule has 32 heavy (non-hydrogen) atoms. The molecule has 0 aliphatic rings. The Labute approximate surface area is 189 Å². The number of nitrogens with zero attached hydrogens (tertiary/aromatic N) is 2. The van der Waals surface area contributed by atoms with Crippen LogP contribution in [0.25, 0.3) is 16.7 Å². The van der Waals surface area contributed by atoms with Crippen molar-refractivity contribution in [1.82, 2.24) is 9.55 Å². The van der Waals surface area contributed by atoms with E-state index in [-0.39, 0.29) is 16.4 Å². The zero-order valence-electron chi connectivity index (χ0n) is 16.0. The normalized spacial score (nSPS) is 11.5. The first-order valence-corrected chi connectivity index (χ1v) is 9.85. The highest BCUT2D eigenvalue weighted by Gasteiger charge is 2.32. The van der Waals surface area contributed by atoms with E-state index in [0.717, 1.165) is 6.07 Å². The Hall–Kier alpha value is -3.36. The van der Waals surface area contributed by atoms with Gasteiger partial charge in [-0.05, 0) is 36.4 Å². The van der Waals surface area contributed by atoms with Crippen molar-refractivity contribution in [1.29, 1.82) is 0 Å². The minimum Gasteiger partial charge on any atom is -0.319 e. The summed E-state index contributed by atoms with van der Waals surface area (Å²) in [6, 6.07) is 13.6. The van der Waals surface area contributed by atoms with Gasteiger partial charge in [0.25, 0.3) is 11.7 Å². The minimum atomic E-state index is -4.60. The van der Waals surface area contributed by atoms with Gasteiger partial charge >= 0.3 is 6.18 Å². The lowest BCUT2D eigenvalue weighted by atomic mass is 10.1. The first-order valence-electron chi connectivity index (χ1n) is 9.09. The van der Waals surface area contributed by atoms with E-state index in [2.05, 4.69) is 10.3 Å². The number of hydrogen-bond acceptors (Lipinski definition) is 3. The summed E-state index contributed by atoms with van der Waals surface area (Å²) in [5, 5.41) is 3.12. The summed E-state index contributed by atoms with van der Waals surface area (Å²) in [4.78, 5) is 29.3. The number of amides is 1. The van der Waals surface area contributed by atoms with Crippen LogP contribution >= 0.6 is 23.2 Å². The number of benzene rings is 2. The van der Waals surface area contributed by atoms with Crippen LogP contribution < -0.4 is 5.32 Å². The van der Waals surface area contributed by atoms with Crippen LogP contribution in [0.5, 0.6) is 0 Å². The standard InChI is InChI=1S/C22H12Cl2F3N3O2/c23-13-5-7-14(8-6-13)29-21(32)19(31)16-11-30(18-4-2-1-3-15(16)18)20-17(24)9-12(10-28-20)22(25,26)27/h1-11H,(H,29,32). The van der Waals surface area contributed by atoms with E-state index in [9.17, 15) is 22.8 Å². The summed E-state index contributed by atoms with van der Waals surface area (Å²) in [5.41, 5.74) is -0.126. The van der Waals surface area contributed by atoms with E-state index in [1.165, 1.54) is 10.8 Å². The van der Waals surface area contributed by atoms with E-state index in [1.54, 1.807) is 48.5 Å². The molecule has 0 unspecified atom stereocenters. The highest BCUT2D eigenvalue weighted by Crippen LogP contribution is 2.33. The molecule has 0 spiro atoms. The van der Waals surface area contributed by atoms with Crippen molar-refractivity contribution in [3.63, 3.8) is 0 Å². The Morgan fingerprint density at radius 1 is 1.00 bits per heavy atom. The number of carbonyl (C=O) groups is 2. The van der Waals surface area contributed by atoms with E-state index in [4.69, 9.17) is 23.2 Å². The second-order valence-corrected chi connectivity index (χ2v) is 7.59. The van der Waals surface area contributed by atoms with Crippen LogP contribution in [0.2, 0.25) is 10.0 Å². The Bertz CT molecular complexity index is 1350. The molecule has 2 heterocycles. The molecule has 0 radical (unpaired) electrons. The third-order valence-electron chi connectivity index (χ3n) is 4.64. The van der Waals surface area contributed by atoms with Gasteiger partial charge in [-0.25, -0.2) is 4.98 Å². The van der Waals surface area contributed by atoms with Crippen LogP contribution in [0.1, 0.15) is 15.9 Å². The number of halogens is 5. The van der Waals surface area contributed by atoms with Crippen molar-refractivity contribution in [3.8, 4) is 5.82 Å². The Kier molecular flexibility index (Phi) is 5.66.